The smallest absolute Gasteiger partial charge is 0.222 e. The Morgan fingerprint density at radius 2 is 2.26 bits per heavy atom. The van der Waals surface area contributed by atoms with Crippen molar-refractivity contribution in [2.75, 3.05) is 39.9 Å². The molecule has 128 valence electrons. The van der Waals surface area contributed by atoms with Crippen LogP contribution in [0.5, 0.6) is 0 Å². The first-order chi connectivity index (χ1) is 11.1. The van der Waals surface area contributed by atoms with E-state index < -0.39 is 0 Å². The van der Waals surface area contributed by atoms with Gasteiger partial charge in [-0.3, -0.25) is 9.69 Å². The molecule has 0 unspecified atom stereocenters. The number of amides is 1. The fraction of sp³-hybridized carbons (Fsp3) is 0.765. The van der Waals surface area contributed by atoms with Crippen molar-refractivity contribution in [3.05, 3.63) is 18.2 Å². The second-order valence-electron chi connectivity index (χ2n) is 6.85. The summed E-state index contributed by atoms with van der Waals surface area (Å²) >= 11 is 0. The molecule has 1 aromatic rings. The predicted molar refractivity (Wildman–Crippen MR) is 87.9 cm³/mol. The first-order valence-corrected chi connectivity index (χ1v) is 8.68. The molecule has 0 aliphatic carbocycles. The van der Waals surface area contributed by atoms with Crippen LogP contribution < -0.4 is 0 Å². The van der Waals surface area contributed by atoms with Crippen molar-refractivity contribution in [3.8, 4) is 0 Å². The SMILES string of the molecule is CN1CCN(C(=O)CC[C@H]2CCCOC2)C[C@H]1c1nccn1C. The zero-order valence-corrected chi connectivity index (χ0v) is 14.3. The lowest BCUT2D eigenvalue weighted by atomic mass is 9.96. The van der Waals surface area contributed by atoms with Crippen molar-refractivity contribution < 1.29 is 9.53 Å². The Morgan fingerprint density at radius 1 is 1.39 bits per heavy atom. The number of hydrogen-bond donors (Lipinski definition) is 0. The minimum atomic E-state index is 0.186. The number of rotatable bonds is 4. The standard InChI is InChI=1S/C17H28N4O2/c1-19-9-10-21(12-15(19)17-18-7-8-20(17)2)16(22)6-5-14-4-3-11-23-13-14/h7-8,14-15H,3-6,9-13H2,1-2H3/t14-,15+/m1/s1. The molecule has 2 fully saturated rings. The van der Waals surface area contributed by atoms with E-state index in [1.807, 2.05) is 24.3 Å². The van der Waals surface area contributed by atoms with Crippen molar-refractivity contribution in [1.82, 2.24) is 19.4 Å². The Kier molecular flexibility index (Phi) is 5.33. The van der Waals surface area contributed by atoms with E-state index in [9.17, 15) is 4.79 Å². The second kappa shape index (κ2) is 7.45. The van der Waals surface area contributed by atoms with Crippen LogP contribution in [0, 0.1) is 5.92 Å². The van der Waals surface area contributed by atoms with E-state index in [0.29, 0.717) is 12.3 Å². The number of nitrogens with zero attached hydrogens (tertiary/aromatic N) is 4. The summed E-state index contributed by atoms with van der Waals surface area (Å²) in [5.41, 5.74) is 0. The highest BCUT2D eigenvalue weighted by Gasteiger charge is 2.30. The number of carbonyl (C=O) groups is 1. The molecule has 1 amide bonds. The van der Waals surface area contributed by atoms with Gasteiger partial charge in [-0.25, -0.2) is 4.98 Å². The molecular formula is C17H28N4O2. The second-order valence-corrected chi connectivity index (χ2v) is 6.85. The van der Waals surface area contributed by atoms with Gasteiger partial charge in [0, 0.05) is 58.7 Å². The Hall–Kier alpha value is -1.40. The first kappa shape index (κ1) is 16.5. The van der Waals surface area contributed by atoms with Gasteiger partial charge in [-0.2, -0.15) is 0 Å². The maximum Gasteiger partial charge on any atom is 0.222 e. The summed E-state index contributed by atoms with van der Waals surface area (Å²) in [6, 6.07) is 0.186. The minimum Gasteiger partial charge on any atom is -0.381 e. The molecule has 0 bridgehead atoms. The topological polar surface area (TPSA) is 50.6 Å². The molecular weight excluding hydrogens is 292 g/mol. The van der Waals surface area contributed by atoms with Gasteiger partial charge in [-0.05, 0) is 32.2 Å². The van der Waals surface area contributed by atoms with E-state index >= 15 is 0 Å². The Balaban J connectivity index is 1.55. The quantitative estimate of drug-likeness (QED) is 0.842. The van der Waals surface area contributed by atoms with Gasteiger partial charge in [-0.15, -0.1) is 0 Å². The normalized spacial score (nSPS) is 26.4. The zero-order valence-electron chi connectivity index (χ0n) is 14.3. The third-order valence-electron chi connectivity index (χ3n) is 5.18. The summed E-state index contributed by atoms with van der Waals surface area (Å²) in [6.07, 6.45) is 7.73. The molecule has 2 aliphatic rings. The lowest BCUT2D eigenvalue weighted by molar-refractivity contribution is -0.134. The van der Waals surface area contributed by atoms with Crippen LogP contribution in [0.15, 0.2) is 12.4 Å². The monoisotopic (exact) mass is 320 g/mol. The maximum atomic E-state index is 12.6. The van der Waals surface area contributed by atoms with Crippen molar-refractivity contribution >= 4 is 5.91 Å². The van der Waals surface area contributed by atoms with Crippen LogP contribution in [-0.2, 0) is 16.6 Å². The molecule has 0 spiro atoms. The maximum absolute atomic E-state index is 12.6. The van der Waals surface area contributed by atoms with Crippen LogP contribution in [-0.4, -0.2) is 65.2 Å². The van der Waals surface area contributed by atoms with Gasteiger partial charge in [0.1, 0.15) is 5.82 Å². The lowest BCUT2D eigenvalue weighted by Gasteiger charge is -2.39. The van der Waals surface area contributed by atoms with Crippen molar-refractivity contribution in [2.45, 2.75) is 31.7 Å². The summed E-state index contributed by atoms with van der Waals surface area (Å²) < 4.78 is 7.56. The fourth-order valence-electron chi connectivity index (χ4n) is 3.60. The third kappa shape index (κ3) is 3.93. The number of aryl methyl sites for hydroxylation is 1. The van der Waals surface area contributed by atoms with Crippen LogP contribution in [0.3, 0.4) is 0 Å². The zero-order chi connectivity index (χ0) is 16.2. The number of ether oxygens (including phenoxy) is 1. The number of imidazole rings is 1. The molecule has 3 rings (SSSR count). The van der Waals surface area contributed by atoms with Gasteiger partial charge < -0.3 is 14.2 Å². The lowest BCUT2D eigenvalue weighted by Crippen LogP contribution is -2.49. The van der Waals surface area contributed by atoms with E-state index in [1.54, 1.807) is 0 Å². The van der Waals surface area contributed by atoms with Crippen LogP contribution in [0.4, 0.5) is 0 Å². The van der Waals surface area contributed by atoms with Crippen molar-refractivity contribution in [2.24, 2.45) is 13.0 Å². The molecule has 6 heteroatoms. The highest BCUT2D eigenvalue weighted by molar-refractivity contribution is 5.76. The van der Waals surface area contributed by atoms with E-state index in [0.717, 1.165) is 51.5 Å². The van der Waals surface area contributed by atoms with Crippen LogP contribution in [0.25, 0.3) is 0 Å². The van der Waals surface area contributed by atoms with Crippen LogP contribution >= 0.6 is 0 Å². The summed E-state index contributed by atoms with van der Waals surface area (Å²) in [5, 5.41) is 0. The number of aromatic nitrogens is 2. The largest absolute Gasteiger partial charge is 0.381 e. The summed E-state index contributed by atoms with van der Waals surface area (Å²) in [7, 11) is 4.13. The van der Waals surface area contributed by atoms with E-state index in [1.165, 1.54) is 6.42 Å². The highest BCUT2D eigenvalue weighted by atomic mass is 16.5. The molecule has 2 aliphatic heterocycles. The average Bonchev–Trinajstić information content (AvgIpc) is 3.00. The molecule has 3 heterocycles. The summed E-state index contributed by atoms with van der Waals surface area (Å²) in [5.74, 6) is 1.87. The molecule has 23 heavy (non-hydrogen) atoms. The van der Waals surface area contributed by atoms with E-state index in [-0.39, 0.29) is 11.9 Å². The van der Waals surface area contributed by atoms with E-state index in [4.69, 9.17) is 4.74 Å². The van der Waals surface area contributed by atoms with Crippen molar-refractivity contribution in [1.29, 1.82) is 0 Å². The molecule has 1 aromatic heterocycles. The minimum absolute atomic E-state index is 0.186. The van der Waals surface area contributed by atoms with Gasteiger partial charge in [0.2, 0.25) is 5.91 Å². The Bertz CT molecular complexity index is 524. The van der Waals surface area contributed by atoms with Gasteiger partial charge in [0.05, 0.1) is 6.04 Å². The van der Waals surface area contributed by atoms with Crippen LogP contribution in [0.2, 0.25) is 0 Å². The summed E-state index contributed by atoms with van der Waals surface area (Å²) in [6.45, 7) is 4.16. The van der Waals surface area contributed by atoms with Crippen LogP contribution in [0.1, 0.15) is 37.5 Å². The molecule has 6 nitrogen and oxygen atoms in total. The Morgan fingerprint density at radius 3 is 2.96 bits per heavy atom. The van der Waals surface area contributed by atoms with Gasteiger partial charge >= 0.3 is 0 Å². The third-order valence-corrected chi connectivity index (χ3v) is 5.18. The molecule has 0 saturated carbocycles. The fourth-order valence-corrected chi connectivity index (χ4v) is 3.60. The van der Waals surface area contributed by atoms with Gasteiger partial charge in [-0.1, -0.05) is 0 Å². The van der Waals surface area contributed by atoms with Crippen molar-refractivity contribution in [3.63, 3.8) is 0 Å². The molecule has 0 radical (unpaired) electrons. The Labute approximate surface area is 138 Å². The van der Waals surface area contributed by atoms with E-state index in [2.05, 4.69) is 21.5 Å². The number of hydrogen-bond acceptors (Lipinski definition) is 4. The number of likely N-dealkylation sites (N-methyl/N-ethyl adjacent to an activating group) is 1. The predicted octanol–water partition coefficient (Wildman–Crippen LogP) is 1.44. The van der Waals surface area contributed by atoms with Gasteiger partial charge in [0.15, 0.2) is 0 Å². The summed E-state index contributed by atoms with van der Waals surface area (Å²) in [4.78, 5) is 21.4. The highest BCUT2D eigenvalue weighted by Crippen LogP contribution is 2.24. The average molecular weight is 320 g/mol. The molecule has 0 aromatic carbocycles. The molecule has 0 N–H and O–H groups in total. The number of carbonyl (C=O) groups excluding carboxylic acids is 1. The molecule has 2 atom stereocenters. The number of piperazine rings is 1. The van der Waals surface area contributed by atoms with Gasteiger partial charge in [0.25, 0.3) is 0 Å². The first-order valence-electron chi connectivity index (χ1n) is 8.68. The molecule has 2 saturated heterocycles.